The van der Waals surface area contributed by atoms with Gasteiger partial charge in [-0.15, -0.1) is 0 Å². The molecule has 18 heavy (non-hydrogen) atoms. The van der Waals surface area contributed by atoms with Gasteiger partial charge in [0.2, 0.25) is 15.9 Å². The molecule has 0 fully saturated rings. The fourth-order valence-corrected chi connectivity index (χ4v) is 1.87. The van der Waals surface area contributed by atoms with Crippen molar-refractivity contribution in [3.05, 3.63) is 24.3 Å². The average Bonchev–Trinajstić information content (AvgIpc) is 2.28. The van der Waals surface area contributed by atoms with E-state index < -0.39 is 16.1 Å². The fourth-order valence-electron chi connectivity index (χ4n) is 1.29. The van der Waals surface area contributed by atoms with Crippen molar-refractivity contribution in [3.63, 3.8) is 0 Å². The first-order chi connectivity index (χ1) is 8.33. The van der Waals surface area contributed by atoms with Gasteiger partial charge < -0.3 is 11.1 Å². The molecule has 1 amide bonds. The Morgan fingerprint density at radius 2 is 1.89 bits per heavy atom. The number of sulfonamides is 1. The summed E-state index contributed by atoms with van der Waals surface area (Å²) in [6.45, 7) is 1.80. The van der Waals surface area contributed by atoms with Crippen LogP contribution in [0, 0.1) is 0 Å². The molecule has 1 rings (SSSR count). The Bertz CT molecular complexity index is 528. The zero-order valence-electron chi connectivity index (χ0n) is 10.3. The zero-order chi connectivity index (χ0) is 13.8. The van der Waals surface area contributed by atoms with Crippen molar-refractivity contribution < 1.29 is 13.2 Å². The molecule has 1 atom stereocenters. The number of nitrogens with two attached hydrogens (primary N) is 1. The summed E-state index contributed by atoms with van der Waals surface area (Å²) in [6.07, 6.45) is 1.55. The maximum absolute atomic E-state index is 11.6. The number of amides is 1. The van der Waals surface area contributed by atoms with Gasteiger partial charge in [0.1, 0.15) is 0 Å². The van der Waals surface area contributed by atoms with Crippen molar-refractivity contribution in [3.8, 4) is 0 Å². The molecule has 1 aromatic rings. The number of benzene rings is 1. The van der Waals surface area contributed by atoms with Gasteiger partial charge >= 0.3 is 0 Å². The minimum absolute atomic E-state index is 0.316. The van der Waals surface area contributed by atoms with E-state index in [2.05, 4.69) is 10.0 Å². The summed E-state index contributed by atoms with van der Waals surface area (Å²) in [7, 11) is -3.39. The maximum Gasteiger partial charge on any atom is 0.241 e. The predicted octanol–water partition coefficient (Wildman–Crippen LogP) is 0.734. The quantitative estimate of drug-likeness (QED) is 0.735. The third-order valence-electron chi connectivity index (χ3n) is 2.26. The van der Waals surface area contributed by atoms with Crippen molar-refractivity contribution in [1.82, 2.24) is 0 Å². The highest BCUT2D eigenvalue weighted by Crippen LogP contribution is 2.21. The van der Waals surface area contributed by atoms with Crippen molar-refractivity contribution >= 4 is 27.3 Å². The van der Waals surface area contributed by atoms with E-state index in [-0.39, 0.29) is 5.91 Å². The van der Waals surface area contributed by atoms with Gasteiger partial charge in [-0.1, -0.05) is 19.1 Å². The first-order valence-corrected chi connectivity index (χ1v) is 7.36. The molecule has 6 nitrogen and oxygen atoms in total. The Hall–Kier alpha value is -1.60. The van der Waals surface area contributed by atoms with Crippen LogP contribution in [-0.2, 0) is 14.8 Å². The van der Waals surface area contributed by atoms with Gasteiger partial charge in [0.05, 0.1) is 23.7 Å². The lowest BCUT2D eigenvalue weighted by Gasteiger charge is -2.14. The first kappa shape index (κ1) is 14.5. The van der Waals surface area contributed by atoms with Crippen molar-refractivity contribution in [1.29, 1.82) is 0 Å². The number of carbonyl (C=O) groups excluding carboxylic acids is 1. The van der Waals surface area contributed by atoms with Gasteiger partial charge in [0.15, 0.2) is 0 Å². The molecule has 7 heteroatoms. The van der Waals surface area contributed by atoms with E-state index in [1.165, 1.54) is 0 Å². The number of para-hydroxylation sites is 2. The molecule has 0 radical (unpaired) electrons. The van der Waals surface area contributed by atoms with E-state index in [9.17, 15) is 13.2 Å². The van der Waals surface area contributed by atoms with Crippen molar-refractivity contribution in [2.24, 2.45) is 5.73 Å². The van der Waals surface area contributed by atoms with Crippen LogP contribution in [0.15, 0.2) is 24.3 Å². The number of rotatable bonds is 5. The molecule has 0 unspecified atom stereocenters. The van der Waals surface area contributed by atoms with E-state index in [1.54, 1.807) is 31.2 Å². The highest BCUT2D eigenvalue weighted by molar-refractivity contribution is 7.92. The highest BCUT2D eigenvalue weighted by Gasteiger charge is 2.14. The second-order valence-corrected chi connectivity index (χ2v) is 5.67. The van der Waals surface area contributed by atoms with Gasteiger partial charge in [0.25, 0.3) is 0 Å². The normalized spacial score (nSPS) is 12.8. The third kappa shape index (κ3) is 4.34. The first-order valence-electron chi connectivity index (χ1n) is 5.46. The van der Waals surface area contributed by atoms with E-state index in [4.69, 9.17) is 5.73 Å². The molecule has 0 saturated heterocycles. The molecular formula is C11H17N3O3S. The topological polar surface area (TPSA) is 101 Å². The summed E-state index contributed by atoms with van der Waals surface area (Å²) in [5, 5.41) is 2.59. The SMILES string of the molecule is CC[C@@H](N)C(=O)Nc1ccccc1NS(C)(=O)=O. The summed E-state index contributed by atoms with van der Waals surface area (Å²) in [5.41, 5.74) is 6.29. The van der Waals surface area contributed by atoms with Crippen LogP contribution in [0.2, 0.25) is 0 Å². The molecular weight excluding hydrogens is 254 g/mol. The van der Waals surface area contributed by atoms with Crippen LogP contribution in [-0.4, -0.2) is 26.6 Å². The van der Waals surface area contributed by atoms with E-state index in [0.29, 0.717) is 17.8 Å². The van der Waals surface area contributed by atoms with Gasteiger partial charge in [-0.2, -0.15) is 0 Å². The second kappa shape index (κ2) is 5.83. The largest absolute Gasteiger partial charge is 0.323 e. The third-order valence-corrected chi connectivity index (χ3v) is 2.85. The number of anilines is 2. The lowest BCUT2D eigenvalue weighted by atomic mass is 10.2. The van der Waals surface area contributed by atoms with E-state index in [1.807, 2.05) is 0 Å². The Balaban J connectivity index is 2.93. The molecule has 0 aliphatic heterocycles. The van der Waals surface area contributed by atoms with Crippen LogP contribution in [0.25, 0.3) is 0 Å². The molecule has 0 spiro atoms. The highest BCUT2D eigenvalue weighted by atomic mass is 32.2. The summed E-state index contributed by atoms with van der Waals surface area (Å²) in [5.74, 6) is -0.347. The van der Waals surface area contributed by atoms with Gasteiger partial charge in [-0.25, -0.2) is 8.42 Å². The zero-order valence-corrected chi connectivity index (χ0v) is 11.1. The van der Waals surface area contributed by atoms with Crippen LogP contribution in [0.1, 0.15) is 13.3 Å². The van der Waals surface area contributed by atoms with Crippen LogP contribution < -0.4 is 15.8 Å². The van der Waals surface area contributed by atoms with Crippen molar-refractivity contribution in [2.45, 2.75) is 19.4 Å². The summed E-state index contributed by atoms with van der Waals surface area (Å²) in [6, 6.07) is 5.92. The molecule has 100 valence electrons. The van der Waals surface area contributed by atoms with Crippen LogP contribution >= 0.6 is 0 Å². The summed E-state index contributed by atoms with van der Waals surface area (Å²) < 4.78 is 24.7. The van der Waals surface area contributed by atoms with E-state index in [0.717, 1.165) is 6.26 Å². The molecule has 1 aromatic carbocycles. The van der Waals surface area contributed by atoms with Gasteiger partial charge in [0, 0.05) is 0 Å². The monoisotopic (exact) mass is 271 g/mol. The van der Waals surface area contributed by atoms with E-state index >= 15 is 0 Å². The fraction of sp³-hybridized carbons (Fsp3) is 0.364. The molecule has 4 N–H and O–H groups in total. The Morgan fingerprint density at radius 1 is 1.33 bits per heavy atom. The average molecular weight is 271 g/mol. The molecule has 0 heterocycles. The minimum atomic E-state index is -3.39. The number of hydrogen-bond acceptors (Lipinski definition) is 4. The Morgan fingerprint density at radius 3 is 2.39 bits per heavy atom. The smallest absolute Gasteiger partial charge is 0.241 e. The van der Waals surface area contributed by atoms with Crippen LogP contribution in [0.5, 0.6) is 0 Å². The molecule has 0 saturated carbocycles. The predicted molar refractivity (Wildman–Crippen MR) is 71.8 cm³/mol. The Labute approximate surface area is 107 Å². The number of nitrogens with one attached hydrogen (secondary N) is 2. The Kier molecular flexibility index (Phi) is 4.69. The maximum atomic E-state index is 11.6. The molecule has 0 aromatic heterocycles. The molecule has 0 aliphatic rings. The summed E-state index contributed by atoms with van der Waals surface area (Å²) in [4.78, 5) is 11.6. The van der Waals surface area contributed by atoms with Crippen LogP contribution in [0.4, 0.5) is 11.4 Å². The lowest BCUT2D eigenvalue weighted by molar-refractivity contribution is -0.117. The second-order valence-electron chi connectivity index (χ2n) is 3.92. The standard InChI is InChI=1S/C11H17N3O3S/c1-3-8(12)11(15)13-9-6-4-5-7-10(9)14-18(2,16)17/h4-8,14H,3,12H2,1-2H3,(H,13,15)/t8-/m1/s1. The van der Waals surface area contributed by atoms with Crippen molar-refractivity contribution in [2.75, 3.05) is 16.3 Å². The summed E-state index contributed by atoms with van der Waals surface area (Å²) >= 11 is 0. The molecule has 0 aliphatic carbocycles. The minimum Gasteiger partial charge on any atom is -0.323 e. The number of hydrogen-bond donors (Lipinski definition) is 3. The van der Waals surface area contributed by atoms with Gasteiger partial charge in [-0.3, -0.25) is 9.52 Å². The van der Waals surface area contributed by atoms with Crippen LogP contribution in [0.3, 0.4) is 0 Å². The number of carbonyl (C=O) groups is 1. The lowest BCUT2D eigenvalue weighted by Crippen LogP contribution is -2.35. The molecule has 0 bridgehead atoms. The van der Waals surface area contributed by atoms with Gasteiger partial charge in [-0.05, 0) is 18.6 Å².